The highest BCUT2D eigenvalue weighted by Gasteiger charge is 2.22. The van der Waals surface area contributed by atoms with E-state index >= 15 is 0 Å². The fourth-order valence-electron chi connectivity index (χ4n) is 2.67. The van der Waals surface area contributed by atoms with Gasteiger partial charge >= 0.3 is 5.97 Å². The molecule has 0 bridgehead atoms. The highest BCUT2D eigenvalue weighted by Crippen LogP contribution is 2.28. The minimum atomic E-state index is -0.516. The molecule has 0 aliphatic rings. The molecule has 0 unspecified atom stereocenters. The Bertz CT molecular complexity index is 966. The van der Waals surface area contributed by atoms with Crippen molar-refractivity contribution in [3.05, 3.63) is 59.1 Å². The highest BCUT2D eigenvalue weighted by molar-refractivity contribution is 7.18. The smallest absolute Gasteiger partial charge is 0.338 e. The van der Waals surface area contributed by atoms with Crippen LogP contribution in [0.3, 0.4) is 0 Å². The minimum Gasteiger partial charge on any atom is -0.452 e. The Morgan fingerprint density at radius 1 is 1.11 bits per heavy atom. The van der Waals surface area contributed by atoms with Crippen molar-refractivity contribution in [3.63, 3.8) is 0 Å². The average molecular weight is 398 g/mol. The first kappa shape index (κ1) is 19.8. The van der Waals surface area contributed by atoms with Crippen molar-refractivity contribution >= 4 is 39.1 Å². The lowest BCUT2D eigenvalue weighted by molar-refractivity contribution is -0.135. The molecule has 0 aliphatic carbocycles. The lowest BCUT2D eigenvalue weighted by Crippen LogP contribution is -2.33. The molecule has 1 atom stereocenters. The van der Waals surface area contributed by atoms with Crippen LogP contribution in [-0.2, 0) is 9.53 Å². The number of anilines is 1. The van der Waals surface area contributed by atoms with Gasteiger partial charge in [-0.05, 0) is 37.3 Å². The maximum Gasteiger partial charge on any atom is 0.338 e. The second kappa shape index (κ2) is 8.39. The Morgan fingerprint density at radius 2 is 1.86 bits per heavy atom. The number of thiazole rings is 1. The minimum absolute atomic E-state index is 0.208. The largest absolute Gasteiger partial charge is 0.452 e. The third-order valence-electron chi connectivity index (χ3n) is 4.57. The van der Waals surface area contributed by atoms with Gasteiger partial charge in [0.2, 0.25) is 0 Å². The number of benzene rings is 2. The van der Waals surface area contributed by atoms with Gasteiger partial charge in [0.15, 0.2) is 6.61 Å². The quantitative estimate of drug-likeness (QED) is 0.593. The molecule has 0 saturated heterocycles. The molecule has 1 heterocycles. The lowest BCUT2D eigenvalue weighted by Gasteiger charge is -2.23. The van der Waals surface area contributed by atoms with Crippen LogP contribution >= 0.6 is 11.3 Å². The van der Waals surface area contributed by atoms with Crippen molar-refractivity contribution < 1.29 is 14.3 Å². The molecule has 3 rings (SSSR count). The predicted molar refractivity (Wildman–Crippen MR) is 112 cm³/mol. The van der Waals surface area contributed by atoms with Crippen LogP contribution in [0, 0.1) is 0 Å². The fourth-order valence-corrected chi connectivity index (χ4v) is 3.74. The predicted octanol–water partition coefficient (Wildman–Crippen LogP) is 3.74. The summed E-state index contributed by atoms with van der Waals surface area (Å²) in [5.74, 6) is -0.790. The number of nitrogens with zero attached hydrogens (tertiary/aromatic N) is 3. The average Bonchev–Trinajstić information content (AvgIpc) is 3.14. The molecule has 0 aliphatic heterocycles. The van der Waals surface area contributed by atoms with Gasteiger partial charge in [-0.25, -0.2) is 9.78 Å². The van der Waals surface area contributed by atoms with Crippen molar-refractivity contribution in [2.75, 3.05) is 32.6 Å². The molecule has 0 radical (unpaired) electrons. The van der Waals surface area contributed by atoms with E-state index in [0.29, 0.717) is 5.56 Å². The number of hydrogen-bond donors (Lipinski definition) is 0. The summed E-state index contributed by atoms with van der Waals surface area (Å²) in [5.41, 5.74) is 2.23. The number of carbonyl (C=O) groups is 2. The maximum absolute atomic E-state index is 12.5. The van der Waals surface area contributed by atoms with E-state index in [4.69, 9.17) is 4.74 Å². The molecule has 0 spiro atoms. The SMILES string of the molecule is C[C@H](c1nc2ccccc2s1)N(C)C(=O)COC(=O)c1cccc(N(C)C)c1. The molecule has 3 aromatic rings. The van der Waals surface area contributed by atoms with Crippen LogP contribution < -0.4 is 4.90 Å². The van der Waals surface area contributed by atoms with E-state index in [9.17, 15) is 9.59 Å². The number of aromatic nitrogens is 1. The molecule has 0 N–H and O–H groups in total. The zero-order valence-electron chi connectivity index (χ0n) is 16.4. The first-order chi connectivity index (χ1) is 13.4. The van der Waals surface area contributed by atoms with Crippen LogP contribution in [0.2, 0.25) is 0 Å². The van der Waals surface area contributed by atoms with Gasteiger partial charge in [-0.2, -0.15) is 0 Å². The van der Waals surface area contributed by atoms with Gasteiger partial charge in [0, 0.05) is 26.8 Å². The van der Waals surface area contributed by atoms with E-state index < -0.39 is 5.97 Å². The van der Waals surface area contributed by atoms with Crippen LogP contribution in [-0.4, -0.2) is 49.5 Å². The third kappa shape index (κ3) is 4.31. The summed E-state index contributed by atoms with van der Waals surface area (Å²) >= 11 is 1.56. The summed E-state index contributed by atoms with van der Waals surface area (Å²) < 4.78 is 6.31. The molecule has 1 aromatic heterocycles. The number of fused-ring (bicyclic) bond motifs is 1. The van der Waals surface area contributed by atoms with Gasteiger partial charge in [-0.3, -0.25) is 4.79 Å². The number of amides is 1. The number of hydrogen-bond acceptors (Lipinski definition) is 6. The normalized spacial score (nSPS) is 11.9. The van der Waals surface area contributed by atoms with Crippen LogP contribution in [0.15, 0.2) is 48.5 Å². The van der Waals surface area contributed by atoms with Gasteiger partial charge in [0.1, 0.15) is 5.01 Å². The van der Waals surface area contributed by atoms with Crippen molar-refractivity contribution in [3.8, 4) is 0 Å². The molecular formula is C21H23N3O3S. The molecule has 2 aromatic carbocycles. The Labute approximate surface area is 168 Å². The van der Waals surface area contributed by atoms with Crippen LogP contribution in [0.4, 0.5) is 5.69 Å². The molecule has 7 heteroatoms. The van der Waals surface area contributed by atoms with Crippen molar-refractivity contribution in [2.24, 2.45) is 0 Å². The van der Waals surface area contributed by atoms with E-state index in [-0.39, 0.29) is 18.6 Å². The third-order valence-corrected chi connectivity index (χ3v) is 5.77. The van der Waals surface area contributed by atoms with Gasteiger partial charge in [0.05, 0.1) is 21.8 Å². The summed E-state index contributed by atoms with van der Waals surface area (Å²) in [4.78, 5) is 32.8. The summed E-state index contributed by atoms with van der Waals surface area (Å²) in [7, 11) is 5.48. The first-order valence-corrected chi connectivity index (χ1v) is 9.74. The fraction of sp³-hybridized carbons (Fsp3) is 0.286. The molecule has 0 fully saturated rings. The second-order valence-corrected chi connectivity index (χ2v) is 7.78. The zero-order valence-corrected chi connectivity index (χ0v) is 17.2. The molecule has 146 valence electrons. The number of esters is 1. The topological polar surface area (TPSA) is 62.7 Å². The summed E-state index contributed by atoms with van der Waals surface area (Å²) in [6.07, 6.45) is 0. The van der Waals surface area contributed by atoms with Gasteiger partial charge in [0.25, 0.3) is 5.91 Å². The van der Waals surface area contributed by atoms with Crippen LogP contribution in [0.5, 0.6) is 0 Å². The highest BCUT2D eigenvalue weighted by atomic mass is 32.1. The van der Waals surface area contributed by atoms with E-state index in [2.05, 4.69) is 4.98 Å². The molecule has 6 nitrogen and oxygen atoms in total. The number of para-hydroxylation sites is 1. The van der Waals surface area contributed by atoms with Crippen molar-refractivity contribution in [1.82, 2.24) is 9.88 Å². The lowest BCUT2D eigenvalue weighted by atomic mass is 10.2. The summed E-state index contributed by atoms with van der Waals surface area (Å²) in [6, 6.07) is 14.8. The Hall–Kier alpha value is -2.93. The van der Waals surface area contributed by atoms with E-state index in [1.807, 2.05) is 56.3 Å². The summed E-state index contributed by atoms with van der Waals surface area (Å²) in [6.45, 7) is 1.61. The van der Waals surface area contributed by atoms with Crippen LogP contribution in [0.1, 0.15) is 28.3 Å². The number of ether oxygens (including phenoxy) is 1. The Kier molecular flexibility index (Phi) is 5.94. The van der Waals surface area contributed by atoms with Gasteiger partial charge in [-0.15, -0.1) is 11.3 Å². The van der Waals surface area contributed by atoms with E-state index in [1.54, 1.807) is 41.5 Å². The van der Waals surface area contributed by atoms with E-state index in [1.165, 1.54) is 0 Å². The monoisotopic (exact) mass is 397 g/mol. The van der Waals surface area contributed by atoms with Crippen molar-refractivity contribution in [2.45, 2.75) is 13.0 Å². The van der Waals surface area contributed by atoms with Crippen LogP contribution in [0.25, 0.3) is 10.2 Å². The maximum atomic E-state index is 12.5. The number of rotatable bonds is 6. The zero-order chi connectivity index (χ0) is 20.3. The standard InChI is InChI=1S/C21H23N3O3S/c1-14(20-22-17-10-5-6-11-18(17)28-20)24(4)19(25)13-27-21(26)15-8-7-9-16(12-15)23(2)3/h5-12,14H,13H2,1-4H3/t14-/m1/s1. The van der Waals surface area contributed by atoms with Crippen molar-refractivity contribution in [1.29, 1.82) is 0 Å². The molecule has 1 amide bonds. The van der Waals surface area contributed by atoms with E-state index in [0.717, 1.165) is 20.9 Å². The number of likely N-dealkylation sites (N-methyl/N-ethyl adjacent to an activating group) is 1. The Morgan fingerprint density at radius 3 is 2.57 bits per heavy atom. The van der Waals surface area contributed by atoms with Gasteiger partial charge < -0.3 is 14.5 Å². The molecule has 28 heavy (non-hydrogen) atoms. The Balaban J connectivity index is 1.62. The molecule has 0 saturated carbocycles. The second-order valence-electron chi connectivity index (χ2n) is 6.72. The van der Waals surface area contributed by atoms with Gasteiger partial charge in [-0.1, -0.05) is 18.2 Å². The first-order valence-electron chi connectivity index (χ1n) is 8.92. The summed E-state index contributed by atoms with van der Waals surface area (Å²) in [5, 5.41) is 0.849. The molecular weight excluding hydrogens is 374 g/mol. The number of carbonyl (C=O) groups excluding carboxylic acids is 2.